The molecule has 132 valence electrons. The lowest BCUT2D eigenvalue weighted by Gasteiger charge is -2.31. The van der Waals surface area contributed by atoms with E-state index in [1.807, 2.05) is 30.3 Å². The van der Waals surface area contributed by atoms with E-state index in [0.717, 1.165) is 5.56 Å². The van der Waals surface area contributed by atoms with Crippen LogP contribution in [0.15, 0.2) is 43.0 Å². The van der Waals surface area contributed by atoms with Crippen molar-refractivity contribution < 1.29 is 19.1 Å². The maximum Gasteiger partial charge on any atom is 0.411 e. The fourth-order valence-electron chi connectivity index (χ4n) is 2.19. The standard InChI is InChI=1S/C19H27NO4/c1-6-13-20(18(22)24-19(3,4)5)16(17(21)23-7-2)14-15-11-9-8-10-12-15/h6,8-12,16H,1,7,13-14H2,2-5H3. The fourth-order valence-corrected chi connectivity index (χ4v) is 2.19. The highest BCUT2D eigenvalue weighted by molar-refractivity contribution is 5.82. The highest BCUT2D eigenvalue weighted by atomic mass is 16.6. The number of carbonyl (C=O) groups is 2. The fraction of sp³-hybridized carbons (Fsp3) is 0.474. The number of ether oxygens (including phenoxy) is 2. The van der Waals surface area contributed by atoms with Gasteiger partial charge >= 0.3 is 12.1 Å². The van der Waals surface area contributed by atoms with Crippen LogP contribution in [0.25, 0.3) is 0 Å². The van der Waals surface area contributed by atoms with Crippen molar-refractivity contribution in [2.24, 2.45) is 0 Å². The molecule has 24 heavy (non-hydrogen) atoms. The van der Waals surface area contributed by atoms with Crippen molar-refractivity contribution in [1.29, 1.82) is 0 Å². The molecule has 1 aromatic rings. The summed E-state index contributed by atoms with van der Waals surface area (Å²) in [4.78, 5) is 26.3. The summed E-state index contributed by atoms with van der Waals surface area (Å²) < 4.78 is 10.6. The molecule has 0 N–H and O–H groups in total. The van der Waals surface area contributed by atoms with Crippen LogP contribution in [-0.4, -0.2) is 41.8 Å². The molecule has 5 heteroatoms. The molecule has 1 unspecified atom stereocenters. The van der Waals surface area contributed by atoms with E-state index in [1.54, 1.807) is 33.8 Å². The molecule has 0 radical (unpaired) electrons. The van der Waals surface area contributed by atoms with Crippen LogP contribution in [0.5, 0.6) is 0 Å². The van der Waals surface area contributed by atoms with Gasteiger partial charge in [0.05, 0.1) is 6.61 Å². The number of carbonyl (C=O) groups excluding carboxylic acids is 2. The molecule has 5 nitrogen and oxygen atoms in total. The third-order valence-electron chi connectivity index (χ3n) is 3.16. The minimum Gasteiger partial charge on any atom is -0.464 e. The summed E-state index contributed by atoms with van der Waals surface area (Å²) in [5.41, 5.74) is 0.288. The van der Waals surface area contributed by atoms with Crippen LogP contribution in [0.4, 0.5) is 4.79 Å². The lowest BCUT2D eigenvalue weighted by molar-refractivity contribution is -0.149. The minimum absolute atomic E-state index is 0.200. The van der Waals surface area contributed by atoms with Crippen molar-refractivity contribution in [1.82, 2.24) is 4.90 Å². The van der Waals surface area contributed by atoms with E-state index in [1.165, 1.54) is 4.90 Å². The topological polar surface area (TPSA) is 55.8 Å². The molecule has 1 rings (SSSR count). The number of hydrogen-bond acceptors (Lipinski definition) is 4. The number of benzene rings is 1. The number of hydrogen-bond donors (Lipinski definition) is 0. The Kier molecular flexibility index (Phi) is 7.49. The van der Waals surface area contributed by atoms with Crippen molar-refractivity contribution in [2.45, 2.75) is 45.8 Å². The predicted octanol–water partition coefficient (Wildman–Crippen LogP) is 3.58. The maximum atomic E-state index is 12.5. The van der Waals surface area contributed by atoms with Crippen molar-refractivity contribution >= 4 is 12.1 Å². The summed E-state index contributed by atoms with van der Waals surface area (Å²) in [6.07, 6.45) is 1.37. The van der Waals surface area contributed by atoms with Gasteiger partial charge in [-0.05, 0) is 33.3 Å². The molecular formula is C19H27NO4. The summed E-state index contributed by atoms with van der Waals surface area (Å²) >= 11 is 0. The van der Waals surface area contributed by atoms with Crippen molar-refractivity contribution in [3.8, 4) is 0 Å². The highest BCUT2D eigenvalue weighted by Gasteiger charge is 2.33. The van der Waals surface area contributed by atoms with E-state index < -0.39 is 23.7 Å². The first-order valence-electron chi connectivity index (χ1n) is 8.09. The molecule has 0 aromatic heterocycles. The van der Waals surface area contributed by atoms with Crippen molar-refractivity contribution in [3.63, 3.8) is 0 Å². The van der Waals surface area contributed by atoms with Crippen LogP contribution in [0.3, 0.4) is 0 Å². The lowest BCUT2D eigenvalue weighted by Crippen LogP contribution is -2.49. The van der Waals surface area contributed by atoms with Gasteiger partial charge in [0.1, 0.15) is 11.6 Å². The van der Waals surface area contributed by atoms with Crippen molar-refractivity contribution in [3.05, 3.63) is 48.6 Å². The van der Waals surface area contributed by atoms with Gasteiger partial charge in [0.15, 0.2) is 0 Å². The molecule has 1 amide bonds. The first-order chi connectivity index (χ1) is 11.3. The Labute approximate surface area is 144 Å². The molecule has 0 aliphatic carbocycles. The molecule has 1 atom stereocenters. The molecule has 0 heterocycles. The molecule has 1 aromatic carbocycles. The Balaban J connectivity index is 3.08. The monoisotopic (exact) mass is 333 g/mol. The summed E-state index contributed by atoms with van der Waals surface area (Å²) in [7, 11) is 0. The molecule has 0 aliphatic rings. The molecule has 0 aliphatic heterocycles. The predicted molar refractivity (Wildman–Crippen MR) is 93.7 cm³/mol. The van der Waals surface area contributed by atoms with Gasteiger partial charge in [0.25, 0.3) is 0 Å². The number of rotatable bonds is 7. The van der Waals surface area contributed by atoms with Gasteiger partial charge < -0.3 is 9.47 Å². The lowest BCUT2D eigenvalue weighted by atomic mass is 10.0. The second-order valence-electron chi connectivity index (χ2n) is 6.38. The number of esters is 1. The molecule has 0 saturated carbocycles. The van der Waals surface area contributed by atoms with Crippen LogP contribution in [0.2, 0.25) is 0 Å². The summed E-state index contributed by atoms with van der Waals surface area (Å²) in [6, 6.07) is 8.74. The van der Waals surface area contributed by atoms with Gasteiger partial charge in [-0.2, -0.15) is 0 Å². The maximum absolute atomic E-state index is 12.5. The van der Waals surface area contributed by atoms with Crippen LogP contribution < -0.4 is 0 Å². The Morgan fingerprint density at radius 3 is 2.38 bits per heavy atom. The Bertz CT molecular complexity index is 548. The zero-order valence-corrected chi connectivity index (χ0v) is 15.0. The third-order valence-corrected chi connectivity index (χ3v) is 3.16. The average molecular weight is 333 g/mol. The van der Waals surface area contributed by atoms with E-state index in [4.69, 9.17) is 9.47 Å². The highest BCUT2D eigenvalue weighted by Crippen LogP contribution is 2.16. The number of amides is 1. The first-order valence-corrected chi connectivity index (χ1v) is 8.09. The Hall–Kier alpha value is -2.30. The zero-order valence-electron chi connectivity index (χ0n) is 15.0. The molecule has 0 spiro atoms. The smallest absolute Gasteiger partial charge is 0.411 e. The summed E-state index contributed by atoms with van der Waals surface area (Å²) in [6.45, 7) is 11.2. The molecule has 0 bridgehead atoms. The average Bonchev–Trinajstić information content (AvgIpc) is 2.50. The van der Waals surface area contributed by atoms with E-state index in [0.29, 0.717) is 6.42 Å². The number of nitrogens with zero attached hydrogens (tertiary/aromatic N) is 1. The summed E-state index contributed by atoms with van der Waals surface area (Å²) in [5.74, 6) is -0.450. The van der Waals surface area contributed by atoms with Gasteiger partial charge in [-0.1, -0.05) is 36.4 Å². The van der Waals surface area contributed by atoms with Crippen LogP contribution in [0.1, 0.15) is 33.3 Å². The largest absolute Gasteiger partial charge is 0.464 e. The van der Waals surface area contributed by atoms with Crippen molar-refractivity contribution in [2.75, 3.05) is 13.2 Å². The molecular weight excluding hydrogens is 306 g/mol. The van der Waals surface area contributed by atoms with E-state index >= 15 is 0 Å². The Morgan fingerprint density at radius 1 is 1.25 bits per heavy atom. The Morgan fingerprint density at radius 2 is 1.88 bits per heavy atom. The van der Waals surface area contributed by atoms with Gasteiger partial charge in [0, 0.05) is 13.0 Å². The second kappa shape index (κ2) is 9.11. The minimum atomic E-state index is -0.764. The van der Waals surface area contributed by atoms with Crippen LogP contribution in [-0.2, 0) is 20.7 Å². The summed E-state index contributed by atoms with van der Waals surface area (Å²) in [5, 5.41) is 0. The van der Waals surface area contributed by atoms with Gasteiger partial charge in [-0.15, -0.1) is 6.58 Å². The van der Waals surface area contributed by atoms with E-state index in [9.17, 15) is 9.59 Å². The second-order valence-corrected chi connectivity index (χ2v) is 6.38. The zero-order chi connectivity index (χ0) is 18.2. The van der Waals surface area contributed by atoms with Crippen LogP contribution >= 0.6 is 0 Å². The quantitative estimate of drug-likeness (QED) is 0.565. The normalized spacial score (nSPS) is 12.2. The molecule has 0 saturated heterocycles. The van der Waals surface area contributed by atoms with E-state index in [2.05, 4.69) is 6.58 Å². The van der Waals surface area contributed by atoms with Gasteiger partial charge in [-0.25, -0.2) is 9.59 Å². The van der Waals surface area contributed by atoms with E-state index in [-0.39, 0.29) is 13.2 Å². The van der Waals surface area contributed by atoms with Gasteiger partial charge in [0.2, 0.25) is 0 Å². The van der Waals surface area contributed by atoms with Gasteiger partial charge in [-0.3, -0.25) is 4.90 Å². The van der Waals surface area contributed by atoms with Crippen LogP contribution in [0, 0.1) is 0 Å². The molecule has 0 fully saturated rings. The third kappa shape index (κ3) is 6.44. The first kappa shape index (κ1) is 19.7. The SMILES string of the molecule is C=CCN(C(=O)OC(C)(C)C)C(Cc1ccccc1)C(=O)OCC.